The Labute approximate surface area is 107 Å². The summed E-state index contributed by atoms with van der Waals surface area (Å²) in [6, 6.07) is 3.98. The lowest BCUT2D eigenvalue weighted by Gasteiger charge is -2.09. The highest BCUT2D eigenvalue weighted by atomic mass is 79.9. The summed E-state index contributed by atoms with van der Waals surface area (Å²) in [4.78, 5) is 11.7. The molecule has 0 saturated heterocycles. The van der Waals surface area contributed by atoms with Crippen molar-refractivity contribution >= 4 is 33.4 Å². The smallest absolute Gasteiger partial charge is 0.252 e. The summed E-state index contributed by atoms with van der Waals surface area (Å²) in [5, 5.41) is 2.55. The fourth-order valence-corrected chi connectivity index (χ4v) is 1.62. The minimum absolute atomic E-state index is 0.101. The molecule has 1 atom stereocenters. The third-order valence-corrected chi connectivity index (χ3v) is 3.25. The van der Waals surface area contributed by atoms with Crippen molar-refractivity contribution < 1.29 is 9.18 Å². The van der Waals surface area contributed by atoms with Crippen LogP contribution in [0.2, 0.25) is 0 Å². The molecular formula is C11H12BrClFNO. The van der Waals surface area contributed by atoms with Crippen LogP contribution in [-0.2, 0) is 0 Å². The maximum absolute atomic E-state index is 12.9. The molecule has 1 rings (SSSR count). The molecule has 2 nitrogen and oxygen atoms in total. The Kier molecular flexibility index (Phi) is 5.22. The maximum Gasteiger partial charge on any atom is 0.252 e. The molecule has 5 heteroatoms. The first-order valence-corrected chi connectivity index (χ1v) is 6.14. The van der Waals surface area contributed by atoms with E-state index in [0.29, 0.717) is 11.0 Å². The van der Waals surface area contributed by atoms with Crippen molar-refractivity contribution in [3.05, 3.63) is 34.1 Å². The molecular weight excluding hydrogens is 296 g/mol. The largest absolute Gasteiger partial charge is 0.351 e. The highest BCUT2D eigenvalue weighted by molar-refractivity contribution is 9.10. The van der Waals surface area contributed by atoms with Gasteiger partial charge in [-0.25, -0.2) is 4.39 Å². The number of rotatable bonds is 4. The molecule has 1 aromatic rings. The van der Waals surface area contributed by atoms with Gasteiger partial charge in [0.15, 0.2) is 0 Å². The van der Waals surface area contributed by atoms with Crippen molar-refractivity contribution in [2.45, 2.75) is 18.7 Å². The van der Waals surface area contributed by atoms with Gasteiger partial charge in [-0.2, -0.15) is 0 Å². The highest BCUT2D eigenvalue weighted by Crippen LogP contribution is 2.17. The van der Waals surface area contributed by atoms with Gasteiger partial charge in [-0.1, -0.05) is 6.92 Å². The highest BCUT2D eigenvalue weighted by Gasteiger charge is 2.12. The van der Waals surface area contributed by atoms with Gasteiger partial charge in [0.05, 0.1) is 10.9 Å². The lowest BCUT2D eigenvalue weighted by Crippen LogP contribution is -2.29. The fraction of sp³-hybridized carbons (Fsp3) is 0.364. The van der Waals surface area contributed by atoms with Crippen molar-refractivity contribution in [2.75, 3.05) is 6.54 Å². The average Bonchev–Trinajstić information content (AvgIpc) is 2.28. The van der Waals surface area contributed by atoms with Gasteiger partial charge in [0.1, 0.15) is 5.82 Å². The first kappa shape index (κ1) is 13.5. The summed E-state index contributed by atoms with van der Waals surface area (Å²) in [5.41, 5.74) is 0.278. The number of carbonyl (C=O) groups is 1. The molecule has 0 spiro atoms. The minimum Gasteiger partial charge on any atom is -0.351 e. The summed E-state index contributed by atoms with van der Waals surface area (Å²) in [5.74, 6) is -0.767. The predicted molar refractivity (Wildman–Crippen MR) is 66.4 cm³/mol. The zero-order valence-electron chi connectivity index (χ0n) is 8.77. The van der Waals surface area contributed by atoms with Crippen LogP contribution < -0.4 is 5.32 Å². The molecule has 1 amide bonds. The molecule has 0 bridgehead atoms. The van der Waals surface area contributed by atoms with E-state index in [2.05, 4.69) is 21.2 Å². The molecule has 88 valence electrons. The van der Waals surface area contributed by atoms with Crippen LogP contribution in [0.15, 0.2) is 22.7 Å². The molecule has 0 aliphatic rings. The zero-order valence-corrected chi connectivity index (χ0v) is 11.1. The van der Waals surface area contributed by atoms with Crippen LogP contribution in [0.5, 0.6) is 0 Å². The number of amides is 1. The number of carbonyl (C=O) groups excluding carboxylic acids is 1. The molecule has 0 fully saturated rings. The predicted octanol–water partition coefficient (Wildman–Crippen LogP) is 3.34. The van der Waals surface area contributed by atoms with Crippen LogP contribution >= 0.6 is 27.5 Å². The second kappa shape index (κ2) is 6.21. The molecule has 1 N–H and O–H groups in total. The first-order valence-electron chi connectivity index (χ1n) is 4.92. The molecule has 16 heavy (non-hydrogen) atoms. The van der Waals surface area contributed by atoms with Crippen molar-refractivity contribution in [1.29, 1.82) is 0 Å². The van der Waals surface area contributed by atoms with Gasteiger partial charge in [0.2, 0.25) is 0 Å². The van der Waals surface area contributed by atoms with Gasteiger partial charge in [-0.05, 0) is 40.5 Å². The molecule has 1 aromatic carbocycles. The Morgan fingerprint density at radius 1 is 1.62 bits per heavy atom. The number of nitrogens with one attached hydrogen (secondary N) is 1. The van der Waals surface area contributed by atoms with E-state index < -0.39 is 5.82 Å². The van der Waals surface area contributed by atoms with E-state index in [4.69, 9.17) is 11.6 Å². The van der Waals surface area contributed by atoms with Crippen molar-refractivity contribution in [3.8, 4) is 0 Å². The van der Waals surface area contributed by atoms with Gasteiger partial charge in [0.25, 0.3) is 5.91 Å². The second-order valence-electron chi connectivity index (χ2n) is 3.34. The molecule has 0 aliphatic carbocycles. The van der Waals surface area contributed by atoms with Crippen LogP contribution in [0.25, 0.3) is 0 Å². The van der Waals surface area contributed by atoms with Gasteiger partial charge < -0.3 is 5.32 Å². The Morgan fingerprint density at radius 2 is 2.31 bits per heavy atom. The number of alkyl halides is 1. The van der Waals surface area contributed by atoms with Crippen LogP contribution in [0.1, 0.15) is 23.7 Å². The van der Waals surface area contributed by atoms with Crippen LogP contribution in [-0.4, -0.2) is 17.8 Å². The van der Waals surface area contributed by atoms with Crippen molar-refractivity contribution in [2.24, 2.45) is 0 Å². The zero-order chi connectivity index (χ0) is 12.1. The molecule has 0 aliphatic heterocycles. The number of hydrogen-bond donors (Lipinski definition) is 1. The number of benzene rings is 1. The summed E-state index contributed by atoms with van der Waals surface area (Å²) < 4.78 is 13.5. The Balaban J connectivity index is 2.69. The lowest BCUT2D eigenvalue weighted by molar-refractivity contribution is 0.0952. The van der Waals surface area contributed by atoms with E-state index in [1.165, 1.54) is 18.2 Å². The lowest BCUT2D eigenvalue weighted by atomic mass is 10.2. The van der Waals surface area contributed by atoms with E-state index in [-0.39, 0.29) is 16.8 Å². The summed E-state index contributed by atoms with van der Waals surface area (Å²) in [7, 11) is 0. The molecule has 0 heterocycles. The topological polar surface area (TPSA) is 29.1 Å². The maximum atomic E-state index is 12.9. The monoisotopic (exact) mass is 307 g/mol. The first-order chi connectivity index (χ1) is 7.54. The van der Waals surface area contributed by atoms with Crippen LogP contribution in [0.3, 0.4) is 0 Å². The normalized spacial score (nSPS) is 12.2. The quantitative estimate of drug-likeness (QED) is 0.849. The molecule has 0 radical (unpaired) electrons. The summed E-state index contributed by atoms with van der Waals surface area (Å²) in [6.45, 7) is 2.31. The Morgan fingerprint density at radius 3 is 2.94 bits per heavy atom. The molecule has 0 aromatic heterocycles. The van der Waals surface area contributed by atoms with Gasteiger partial charge in [-0.15, -0.1) is 11.6 Å². The molecule has 1 unspecified atom stereocenters. The van der Waals surface area contributed by atoms with Crippen LogP contribution in [0, 0.1) is 5.82 Å². The SMILES string of the molecule is CCC(Cl)CNC(=O)c1cc(F)ccc1Br. The Hall–Kier alpha value is -0.610. The van der Waals surface area contributed by atoms with E-state index in [0.717, 1.165) is 6.42 Å². The van der Waals surface area contributed by atoms with Gasteiger partial charge >= 0.3 is 0 Å². The van der Waals surface area contributed by atoms with Gasteiger partial charge in [0, 0.05) is 11.0 Å². The van der Waals surface area contributed by atoms with Crippen LogP contribution in [0.4, 0.5) is 4.39 Å². The molecule has 0 saturated carbocycles. The standard InChI is InChI=1S/C11H12BrClFNO/c1-2-7(13)6-15-11(16)9-5-8(14)3-4-10(9)12/h3-5,7H,2,6H2,1H3,(H,15,16). The van der Waals surface area contributed by atoms with Gasteiger partial charge in [-0.3, -0.25) is 4.79 Å². The van der Waals surface area contributed by atoms with E-state index in [1.807, 2.05) is 6.92 Å². The van der Waals surface area contributed by atoms with Crippen molar-refractivity contribution in [1.82, 2.24) is 5.32 Å². The minimum atomic E-state index is -0.439. The van der Waals surface area contributed by atoms with Crippen molar-refractivity contribution in [3.63, 3.8) is 0 Å². The summed E-state index contributed by atoms with van der Waals surface area (Å²) >= 11 is 9.06. The second-order valence-corrected chi connectivity index (χ2v) is 4.81. The fourth-order valence-electron chi connectivity index (χ4n) is 1.11. The van der Waals surface area contributed by atoms with E-state index in [9.17, 15) is 9.18 Å². The van der Waals surface area contributed by atoms with E-state index >= 15 is 0 Å². The number of hydrogen-bond acceptors (Lipinski definition) is 1. The number of halogens is 3. The third kappa shape index (κ3) is 3.76. The summed E-state index contributed by atoms with van der Waals surface area (Å²) in [6.07, 6.45) is 0.770. The average molecular weight is 309 g/mol. The van der Waals surface area contributed by atoms with E-state index in [1.54, 1.807) is 0 Å². The Bertz CT molecular complexity index is 386. The third-order valence-electron chi connectivity index (χ3n) is 2.10.